The first-order valence-corrected chi connectivity index (χ1v) is 7.94. The van der Waals surface area contributed by atoms with Gasteiger partial charge in [-0.1, -0.05) is 25.5 Å². The van der Waals surface area contributed by atoms with E-state index >= 15 is 0 Å². The number of nitrogens with one attached hydrogen (secondary N) is 1. The van der Waals surface area contributed by atoms with Gasteiger partial charge in [0.25, 0.3) is 0 Å². The van der Waals surface area contributed by atoms with E-state index in [0.717, 1.165) is 31.9 Å². The molecule has 2 fully saturated rings. The van der Waals surface area contributed by atoms with Gasteiger partial charge in [-0.3, -0.25) is 0 Å². The Morgan fingerprint density at radius 3 is 2.90 bits per heavy atom. The van der Waals surface area contributed by atoms with Gasteiger partial charge in [-0.15, -0.1) is 0 Å². The molecule has 1 saturated carbocycles. The molecule has 1 heterocycles. The highest BCUT2D eigenvalue weighted by Gasteiger charge is 2.31. The van der Waals surface area contributed by atoms with E-state index in [1.54, 1.807) is 0 Å². The van der Waals surface area contributed by atoms with E-state index in [4.69, 9.17) is 9.47 Å². The molecule has 3 rings (SSSR count). The zero-order valence-corrected chi connectivity index (χ0v) is 12.3. The molecule has 1 aliphatic carbocycles. The summed E-state index contributed by atoms with van der Waals surface area (Å²) in [6, 6.07) is 9.06. The molecule has 0 bridgehead atoms. The molecular formula is C17H25NO2. The first-order chi connectivity index (χ1) is 9.86. The number of hydrogen-bond acceptors (Lipinski definition) is 3. The Kier molecular flexibility index (Phi) is 4.58. The zero-order valence-electron chi connectivity index (χ0n) is 12.3. The number of rotatable bonds is 4. The molecule has 1 aliphatic heterocycles. The van der Waals surface area contributed by atoms with Gasteiger partial charge in [-0.2, -0.15) is 0 Å². The topological polar surface area (TPSA) is 30.5 Å². The van der Waals surface area contributed by atoms with Gasteiger partial charge < -0.3 is 14.8 Å². The fourth-order valence-electron chi connectivity index (χ4n) is 3.27. The molecule has 0 aromatic heterocycles. The molecular weight excluding hydrogens is 250 g/mol. The summed E-state index contributed by atoms with van der Waals surface area (Å²) in [6.45, 7) is 4.73. The Bertz CT molecular complexity index is 404. The summed E-state index contributed by atoms with van der Waals surface area (Å²) in [4.78, 5) is 0. The second kappa shape index (κ2) is 6.59. The molecule has 20 heavy (non-hydrogen) atoms. The van der Waals surface area contributed by atoms with Crippen molar-refractivity contribution in [1.29, 1.82) is 0 Å². The summed E-state index contributed by atoms with van der Waals surface area (Å²) in [6.07, 6.45) is 5.19. The van der Waals surface area contributed by atoms with Crippen molar-refractivity contribution in [2.45, 2.75) is 44.8 Å². The minimum atomic E-state index is 0.181. The van der Waals surface area contributed by atoms with Gasteiger partial charge in [0, 0.05) is 12.6 Å². The van der Waals surface area contributed by atoms with Crippen molar-refractivity contribution >= 4 is 0 Å². The Morgan fingerprint density at radius 2 is 2.10 bits per heavy atom. The third-order valence-corrected chi connectivity index (χ3v) is 4.46. The van der Waals surface area contributed by atoms with Gasteiger partial charge in [0.05, 0.1) is 19.3 Å². The van der Waals surface area contributed by atoms with Gasteiger partial charge in [-0.25, -0.2) is 0 Å². The first kappa shape index (κ1) is 13.9. The van der Waals surface area contributed by atoms with Crippen LogP contribution in [-0.4, -0.2) is 25.8 Å². The highest BCUT2D eigenvalue weighted by molar-refractivity contribution is 5.29. The summed E-state index contributed by atoms with van der Waals surface area (Å²) in [5.41, 5.74) is 1.25. The largest absolute Gasteiger partial charge is 0.494 e. The smallest absolute Gasteiger partial charge is 0.119 e. The van der Waals surface area contributed by atoms with Crippen molar-refractivity contribution < 1.29 is 9.47 Å². The van der Waals surface area contributed by atoms with Crippen molar-refractivity contribution in [3.63, 3.8) is 0 Å². The summed E-state index contributed by atoms with van der Waals surface area (Å²) >= 11 is 0. The molecule has 3 atom stereocenters. The Hall–Kier alpha value is -1.06. The van der Waals surface area contributed by atoms with E-state index in [9.17, 15) is 0 Å². The van der Waals surface area contributed by atoms with Crippen molar-refractivity contribution in [2.75, 3.05) is 19.8 Å². The van der Waals surface area contributed by atoms with E-state index in [0.29, 0.717) is 12.0 Å². The van der Waals surface area contributed by atoms with Crippen LogP contribution in [0.5, 0.6) is 5.75 Å². The second-order valence-electron chi connectivity index (χ2n) is 5.95. The maximum Gasteiger partial charge on any atom is 0.119 e. The molecule has 1 saturated heterocycles. The first-order valence-electron chi connectivity index (χ1n) is 7.94. The highest BCUT2D eigenvalue weighted by atomic mass is 16.5. The van der Waals surface area contributed by atoms with Crippen LogP contribution in [0.2, 0.25) is 0 Å². The number of fused-ring (bicyclic) bond motifs is 1. The van der Waals surface area contributed by atoms with Crippen LogP contribution in [0.15, 0.2) is 24.3 Å². The monoisotopic (exact) mass is 275 g/mol. The lowest BCUT2D eigenvalue weighted by Crippen LogP contribution is -2.32. The van der Waals surface area contributed by atoms with Gasteiger partial charge in [0.2, 0.25) is 0 Å². The van der Waals surface area contributed by atoms with Crippen molar-refractivity contribution in [3.05, 3.63) is 29.8 Å². The molecule has 1 aromatic carbocycles. The maximum atomic E-state index is 6.12. The van der Waals surface area contributed by atoms with E-state index in [1.165, 1.54) is 24.8 Å². The molecule has 110 valence electrons. The zero-order chi connectivity index (χ0) is 13.8. The number of benzene rings is 1. The minimum Gasteiger partial charge on any atom is -0.494 e. The van der Waals surface area contributed by atoms with Crippen molar-refractivity contribution in [3.8, 4) is 5.75 Å². The van der Waals surface area contributed by atoms with Gasteiger partial charge >= 0.3 is 0 Å². The minimum absolute atomic E-state index is 0.181. The van der Waals surface area contributed by atoms with E-state index < -0.39 is 0 Å². The molecule has 3 heteroatoms. The molecule has 2 aliphatic rings. The molecule has 0 spiro atoms. The Morgan fingerprint density at radius 1 is 1.25 bits per heavy atom. The summed E-state index contributed by atoms with van der Waals surface area (Å²) in [5.74, 6) is 1.67. The summed E-state index contributed by atoms with van der Waals surface area (Å²) in [5, 5.41) is 3.68. The van der Waals surface area contributed by atoms with Gasteiger partial charge in [0.1, 0.15) is 5.75 Å². The lowest BCUT2D eigenvalue weighted by molar-refractivity contribution is 0.0473. The van der Waals surface area contributed by atoms with E-state index in [2.05, 4.69) is 36.5 Å². The fraction of sp³-hybridized carbons (Fsp3) is 0.647. The second-order valence-corrected chi connectivity index (χ2v) is 5.95. The predicted molar refractivity (Wildman–Crippen MR) is 80.1 cm³/mol. The lowest BCUT2D eigenvalue weighted by atomic mass is 10.1. The highest BCUT2D eigenvalue weighted by Crippen LogP contribution is 2.31. The lowest BCUT2D eigenvalue weighted by Gasteiger charge is -2.17. The van der Waals surface area contributed by atoms with E-state index in [-0.39, 0.29) is 6.10 Å². The summed E-state index contributed by atoms with van der Waals surface area (Å²) in [7, 11) is 0. The molecule has 0 amide bonds. The van der Waals surface area contributed by atoms with Crippen LogP contribution in [0.25, 0.3) is 0 Å². The average Bonchev–Trinajstić information content (AvgIpc) is 2.85. The predicted octanol–water partition coefficient (Wildman–Crippen LogP) is 3.31. The van der Waals surface area contributed by atoms with Gasteiger partial charge in [-0.05, 0) is 42.9 Å². The van der Waals surface area contributed by atoms with Crippen LogP contribution in [0.4, 0.5) is 0 Å². The maximum absolute atomic E-state index is 6.12. The number of hydrogen-bond donors (Lipinski definition) is 1. The summed E-state index contributed by atoms with van der Waals surface area (Å²) < 4.78 is 11.7. The van der Waals surface area contributed by atoms with E-state index in [1.807, 2.05) is 0 Å². The fourth-order valence-corrected chi connectivity index (χ4v) is 3.27. The van der Waals surface area contributed by atoms with Crippen LogP contribution in [-0.2, 0) is 4.74 Å². The van der Waals surface area contributed by atoms with Crippen LogP contribution in [0.3, 0.4) is 0 Å². The average molecular weight is 275 g/mol. The van der Waals surface area contributed by atoms with Crippen LogP contribution in [0.1, 0.15) is 44.3 Å². The standard InChI is InChI=1S/C17H25NO2/c1-2-10-19-15-8-6-13(7-9-15)17-11-18-16-5-3-4-14(16)12-20-17/h6-9,14,16-18H,2-5,10-12H2,1H3. The van der Waals surface area contributed by atoms with Crippen molar-refractivity contribution in [2.24, 2.45) is 5.92 Å². The SMILES string of the molecule is CCCOc1ccc(C2CNC3CCCC3CO2)cc1. The molecule has 1 N–H and O–H groups in total. The van der Waals surface area contributed by atoms with Gasteiger partial charge in [0.15, 0.2) is 0 Å². The Labute approximate surface area is 121 Å². The third-order valence-electron chi connectivity index (χ3n) is 4.46. The van der Waals surface area contributed by atoms with Crippen LogP contribution in [0, 0.1) is 5.92 Å². The third kappa shape index (κ3) is 3.15. The molecule has 3 nitrogen and oxygen atoms in total. The van der Waals surface area contributed by atoms with Crippen molar-refractivity contribution in [1.82, 2.24) is 5.32 Å². The molecule has 0 radical (unpaired) electrons. The normalized spacial score (nSPS) is 29.8. The Balaban J connectivity index is 1.61. The quantitative estimate of drug-likeness (QED) is 0.914. The van der Waals surface area contributed by atoms with Crippen LogP contribution >= 0.6 is 0 Å². The number of ether oxygens (including phenoxy) is 2. The molecule has 3 unspecified atom stereocenters. The van der Waals surface area contributed by atoms with Crippen LogP contribution < -0.4 is 10.1 Å². The molecule has 1 aromatic rings.